The van der Waals surface area contributed by atoms with Gasteiger partial charge < -0.3 is 0 Å². The van der Waals surface area contributed by atoms with Crippen molar-refractivity contribution in [2.24, 2.45) is 7.05 Å². The summed E-state index contributed by atoms with van der Waals surface area (Å²) in [6.45, 7) is 0. The molecule has 0 radical (unpaired) electrons. The first-order chi connectivity index (χ1) is 8.94. The van der Waals surface area contributed by atoms with E-state index in [0.717, 1.165) is 18.2 Å². The van der Waals surface area contributed by atoms with Gasteiger partial charge in [-0.15, -0.1) is 0 Å². The number of nitriles is 1. The van der Waals surface area contributed by atoms with Gasteiger partial charge in [-0.3, -0.25) is 9.40 Å². The van der Waals surface area contributed by atoms with Crippen molar-refractivity contribution in [1.82, 2.24) is 9.78 Å². The number of aryl methyl sites for hydroxylation is 1. The van der Waals surface area contributed by atoms with Crippen LogP contribution >= 0.6 is 0 Å². The van der Waals surface area contributed by atoms with Gasteiger partial charge in [0.05, 0.1) is 16.7 Å². The third kappa shape index (κ3) is 2.56. The molecule has 2 rings (SSSR count). The minimum atomic E-state index is -3.88. The Morgan fingerprint density at radius 1 is 1.42 bits per heavy atom. The van der Waals surface area contributed by atoms with E-state index in [4.69, 9.17) is 5.26 Å². The minimum Gasteiger partial charge on any atom is -0.264 e. The number of benzene rings is 1. The van der Waals surface area contributed by atoms with Crippen LogP contribution in [0.15, 0.2) is 35.4 Å². The van der Waals surface area contributed by atoms with Crippen molar-refractivity contribution in [2.45, 2.75) is 4.90 Å². The van der Waals surface area contributed by atoms with Gasteiger partial charge in [0.2, 0.25) is 0 Å². The molecule has 1 heterocycles. The third-order valence-electron chi connectivity index (χ3n) is 2.43. The lowest BCUT2D eigenvalue weighted by Crippen LogP contribution is -2.15. The largest absolute Gasteiger partial charge is 0.264 e. The van der Waals surface area contributed by atoms with Gasteiger partial charge in [0.25, 0.3) is 10.0 Å². The van der Waals surface area contributed by atoms with Crippen LogP contribution in [0, 0.1) is 17.1 Å². The summed E-state index contributed by atoms with van der Waals surface area (Å²) in [4.78, 5) is -0.188. The highest BCUT2D eigenvalue weighted by molar-refractivity contribution is 7.92. The maximum Gasteiger partial charge on any atom is 0.263 e. The molecule has 0 aliphatic rings. The number of rotatable bonds is 3. The zero-order valence-corrected chi connectivity index (χ0v) is 10.6. The molecule has 0 saturated heterocycles. The first kappa shape index (κ1) is 13.0. The van der Waals surface area contributed by atoms with Crippen LogP contribution in [0.1, 0.15) is 5.56 Å². The molecule has 0 amide bonds. The summed E-state index contributed by atoms with van der Waals surface area (Å²) in [5, 5.41) is 12.5. The number of hydrogen-bond donors (Lipinski definition) is 1. The van der Waals surface area contributed by atoms with E-state index in [1.165, 1.54) is 16.9 Å². The molecule has 1 aromatic heterocycles. The van der Waals surface area contributed by atoms with Gasteiger partial charge in [-0.05, 0) is 18.2 Å². The van der Waals surface area contributed by atoms with Gasteiger partial charge in [0, 0.05) is 13.1 Å². The summed E-state index contributed by atoms with van der Waals surface area (Å²) in [5.41, 5.74) is -0.326. The summed E-state index contributed by atoms with van der Waals surface area (Å²) in [6.07, 6.45) is 1.43. The highest BCUT2D eigenvalue weighted by Crippen LogP contribution is 2.17. The number of anilines is 1. The van der Waals surface area contributed by atoms with E-state index >= 15 is 0 Å². The fourth-order valence-electron chi connectivity index (χ4n) is 1.43. The molecule has 0 aliphatic carbocycles. The Bertz CT molecular complexity index is 761. The predicted molar refractivity (Wildman–Crippen MR) is 65.1 cm³/mol. The second-order valence-corrected chi connectivity index (χ2v) is 5.38. The van der Waals surface area contributed by atoms with Gasteiger partial charge >= 0.3 is 0 Å². The van der Waals surface area contributed by atoms with E-state index in [1.807, 2.05) is 0 Å². The second kappa shape index (κ2) is 4.70. The fourth-order valence-corrected chi connectivity index (χ4v) is 2.54. The molecule has 0 atom stereocenters. The normalized spacial score (nSPS) is 11.0. The first-order valence-electron chi connectivity index (χ1n) is 5.14. The van der Waals surface area contributed by atoms with Crippen molar-refractivity contribution in [3.05, 3.63) is 41.8 Å². The van der Waals surface area contributed by atoms with Crippen molar-refractivity contribution < 1.29 is 12.8 Å². The van der Waals surface area contributed by atoms with Crippen LogP contribution in [-0.2, 0) is 17.1 Å². The Kier molecular flexibility index (Phi) is 3.23. The van der Waals surface area contributed by atoms with E-state index in [2.05, 4.69) is 9.82 Å². The summed E-state index contributed by atoms with van der Waals surface area (Å²) in [7, 11) is -2.31. The maximum absolute atomic E-state index is 13.1. The molecule has 0 fully saturated rings. The minimum absolute atomic E-state index is 0.188. The molecule has 98 valence electrons. The van der Waals surface area contributed by atoms with Crippen molar-refractivity contribution in [2.75, 3.05) is 4.72 Å². The van der Waals surface area contributed by atoms with E-state index < -0.39 is 15.8 Å². The number of hydrogen-bond acceptors (Lipinski definition) is 4. The molecule has 0 unspecified atom stereocenters. The number of halogens is 1. The van der Waals surface area contributed by atoms with Crippen LogP contribution in [0.25, 0.3) is 0 Å². The molecule has 6 nitrogen and oxygen atoms in total. The Morgan fingerprint density at radius 2 is 2.16 bits per heavy atom. The fraction of sp³-hybridized carbons (Fsp3) is 0.0909. The molecule has 1 N–H and O–H groups in total. The Balaban J connectivity index is 2.41. The van der Waals surface area contributed by atoms with Crippen LogP contribution in [0.2, 0.25) is 0 Å². The standard InChI is InChI=1S/C11H9FN4O2S/c1-16-11(4-5-14-16)15-19(17,18)9-2-3-10(12)8(6-9)7-13/h2-6,15H,1H3. The van der Waals surface area contributed by atoms with E-state index in [9.17, 15) is 12.8 Å². The summed E-state index contributed by atoms with van der Waals surface area (Å²) in [6, 6.07) is 6.08. The molecule has 8 heteroatoms. The van der Waals surface area contributed by atoms with Crippen molar-refractivity contribution in [1.29, 1.82) is 5.26 Å². The quantitative estimate of drug-likeness (QED) is 0.916. The van der Waals surface area contributed by atoms with E-state index in [0.29, 0.717) is 0 Å². The van der Waals surface area contributed by atoms with Crippen molar-refractivity contribution in [3.8, 4) is 6.07 Å². The van der Waals surface area contributed by atoms with Gasteiger partial charge in [-0.2, -0.15) is 10.4 Å². The number of sulfonamides is 1. The van der Waals surface area contributed by atoms with Gasteiger partial charge in [0.15, 0.2) is 0 Å². The van der Waals surface area contributed by atoms with E-state index in [1.54, 1.807) is 13.1 Å². The first-order valence-corrected chi connectivity index (χ1v) is 6.63. The molecule has 0 spiro atoms. The molecule has 1 aromatic carbocycles. The zero-order valence-electron chi connectivity index (χ0n) is 9.83. The molecule has 2 aromatic rings. The monoisotopic (exact) mass is 280 g/mol. The lowest BCUT2D eigenvalue weighted by molar-refractivity contribution is 0.598. The van der Waals surface area contributed by atoms with Gasteiger partial charge in [-0.1, -0.05) is 0 Å². The molecular formula is C11H9FN4O2S. The maximum atomic E-state index is 13.1. The summed E-state index contributed by atoms with van der Waals surface area (Å²) >= 11 is 0. The van der Waals surface area contributed by atoms with Crippen molar-refractivity contribution in [3.63, 3.8) is 0 Å². The van der Waals surface area contributed by atoms with Crippen LogP contribution in [0.3, 0.4) is 0 Å². The Morgan fingerprint density at radius 3 is 2.74 bits per heavy atom. The Hall–Kier alpha value is -2.40. The van der Waals surface area contributed by atoms with Crippen LogP contribution < -0.4 is 4.72 Å². The van der Waals surface area contributed by atoms with Crippen molar-refractivity contribution >= 4 is 15.8 Å². The molecular weight excluding hydrogens is 271 g/mol. The van der Waals surface area contributed by atoms with Gasteiger partial charge in [-0.25, -0.2) is 12.8 Å². The molecule has 0 saturated carbocycles. The number of nitrogens with one attached hydrogen (secondary N) is 1. The van der Waals surface area contributed by atoms with Crippen LogP contribution in [0.4, 0.5) is 10.2 Å². The molecule has 0 aliphatic heterocycles. The van der Waals surface area contributed by atoms with Gasteiger partial charge in [0.1, 0.15) is 17.7 Å². The van der Waals surface area contributed by atoms with Crippen LogP contribution in [-0.4, -0.2) is 18.2 Å². The molecule has 19 heavy (non-hydrogen) atoms. The Labute approximate surface area is 109 Å². The summed E-state index contributed by atoms with van der Waals surface area (Å²) < 4.78 is 40.9. The number of aromatic nitrogens is 2. The second-order valence-electron chi connectivity index (χ2n) is 3.70. The lowest BCUT2D eigenvalue weighted by Gasteiger charge is -2.08. The highest BCUT2D eigenvalue weighted by atomic mass is 32.2. The highest BCUT2D eigenvalue weighted by Gasteiger charge is 2.17. The lowest BCUT2D eigenvalue weighted by atomic mass is 10.2. The SMILES string of the molecule is Cn1nccc1NS(=O)(=O)c1ccc(F)c(C#N)c1. The van der Waals surface area contributed by atoms with E-state index in [-0.39, 0.29) is 16.3 Å². The number of nitrogens with zero attached hydrogens (tertiary/aromatic N) is 3. The third-order valence-corrected chi connectivity index (χ3v) is 3.78. The smallest absolute Gasteiger partial charge is 0.263 e. The summed E-state index contributed by atoms with van der Waals surface area (Å²) in [5.74, 6) is -0.496. The zero-order chi connectivity index (χ0) is 14.0. The predicted octanol–water partition coefficient (Wildman–Crippen LogP) is 1.23. The average molecular weight is 280 g/mol. The average Bonchev–Trinajstić information content (AvgIpc) is 2.74. The van der Waals surface area contributed by atoms with Crippen LogP contribution in [0.5, 0.6) is 0 Å². The molecule has 0 bridgehead atoms. The topological polar surface area (TPSA) is 87.8 Å².